The van der Waals surface area contributed by atoms with Crippen molar-refractivity contribution in [3.63, 3.8) is 0 Å². The first-order valence-corrected chi connectivity index (χ1v) is 8.46. The van der Waals surface area contributed by atoms with Crippen molar-refractivity contribution in [3.8, 4) is 22.2 Å². The summed E-state index contributed by atoms with van der Waals surface area (Å²) in [6.07, 6.45) is 0.609. The van der Waals surface area contributed by atoms with Crippen LogP contribution in [0.15, 0.2) is 40.2 Å². The lowest BCUT2D eigenvalue weighted by Gasteiger charge is -2.10. The van der Waals surface area contributed by atoms with Gasteiger partial charge in [0.05, 0.1) is 19.1 Å². The maximum atomic E-state index is 12.1. The maximum Gasteiger partial charge on any atom is 0.227 e. The Labute approximate surface area is 148 Å². The highest BCUT2D eigenvalue weighted by atomic mass is 32.1. The summed E-state index contributed by atoms with van der Waals surface area (Å²) in [5, 5.41) is 8.68. The van der Waals surface area contributed by atoms with Gasteiger partial charge in [0.2, 0.25) is 17.6 Å². The Kier molecular flexibility index (Phi) is 5.30. The van der Waals surface area contributed by atoms with Gasteiger partial charge in [0.25, 0.3) is 0 Å². The summed E-state index contributed by atoms with van der Waals surface area (Å²) in [7, 11) is 3.11. The summed E-state index contributed by atoms with van der Waals surface area (Å²) >= 11 is 1.54. The van der Waals surface area contributed by atoms with E-state index >= 15 is 0 Å². The molecule has 2 heterocycles. The number of hydrogen-bond acceptors (Lipinski definition) is 7. The third kappa shape index (κ3) is 4.16. The molecule has 0 spiro atoms. The van der Waals surface area contributed by atoms with E-state index in [0.717, 1.165) is 4.88 Å². The Bertz CT molecular complexity index is 845. The zero-order chi connectivity index (χ0) is 17.6. The van der Waals surface area contributed by atoms with Crippen LogP contribution in [0.4, 0.5) is 5.69 Å². The summed E-state index contributed by atoms with van der Waals surface area (Å²) < 4.78 is 15.6. The molecule has 8 heteroatoms. The zero-order valence-corrected chi connectivity index (χ0v) is 14.6. The van der Waals surface area contributed by atoms with Crippen LogP contribution >= 0.6 is 11.3 Å². The number of aromatic nitrogens is 2. The lowest BCUT2D eigenvalue weighted by molar-refractivity contribution is -0.116. The van der Waals surface area contributed by atoms with E-state index < -0.39 is 0 Å². The van der Waals surface area contributed by atoms with Crippen LogP contribution in [0.5, 0.6) is 11.5 Å². The van der Waals surface area contributed by atoms with Crippen molar-refractivity contribution in [1.82, 2.24) is 10.1 Å². The van der Waals surface area contributed by atoms with Crippen LogP contribution in [-0.4, -0.2) is 30.3 Å². The van der Waals surface area contributed by atoms with E-state index in [1.54, 1.807) is 32.4 Å². The average molecular weight is 359 g/mol. The molecule has 2 aromatic heterocycles. The van der Waals surface area contributed by atoms with Crippen molar-refractivity contribution in [2.24, 2.45) is 0 Å². The van der Waals surface area contributed by atoms with Crippen molar-refractivity contribution < 1.29 is 18.8 Å². The molecule has 0 bridgehead atoms. The molecule has 0 fully saturated rings. The van der Waals surface area contributed by atoms with Gasteiger partial charge in [-0.25, -0.2) is 0 Å². The number of nitrogens with one attached hydrogen (secondary N) is 1. The van der Waals surface area contributed by atoms with E-state index in [2.05, 4.69) is 15.5 Å². The molecule has 0 aliphatic rings. The van der Waals surface area contributed by atoms with Crippen LogP contribution in [0.25, 0.3) is 10.7 Å². The number of hydrogen-bond donors (Lipinski definition) is 1. The minimum Gasteiger partial charge on any atom is -0.493 e. The predicted octanol–water partition coefficient (Wildman–Crippen LogP) is 3.39. The first kappa shape index (κ1) is 17.0. The fourth-order valence-electron chi connectivity index (χ4n) is 2.22. The Balaban J connectivity index is 1.56. The van der Waals surface area contributed by atoms with Gasteiger partial charge in [-0.15, -0.1) is 11.3 Å². The minimum atomic E-state index is -0.150. The molecule has 0 atom stereocenters. The molecule has 1 aromatic carbocycles. The highest BCUT2D eigenvalue weighted by Gasteiger charge is 2.12. The minimum absolute atomic E-state index is 0.150. The van der Waals surface area contributed by atoms with Gasteiger partial charge in [-0.1, -0.05) is 11.2 Å². The number of amides is 1. The highest BCUT2D eigenvalue weighted by molar-refractivity contribution is 7.13. The molecule has 1 N–H and O–H groups in total. The van der Waals surface area contributed by atoms with Crippen LogP contribution < -0.4 is 14.8 Å². The molecular formula is C17H17N3O4S. The van der Waals surface area contributed by atoms with Crippen molar-refractivity contribution in [3.05, 3.63) is 41.6 Å². The summed E-state index contributed by atoms with van der Waals surface area (Å²) in [6.45, 7) is 0. The summed E-state index contributed by atoms with van der Waals surface area (Å²) in [5.41, 5.74) is 0.632. The number of anilines is 1. The van der Waals surface area contributed by atoms with Gasteiger partial charge in [-0.3, -0.25) is 4.79 Å². The van der Waals surface area contributed by atoms with E-state index in [9.17, 15) is 4.79 Å². The van der Waals surface area contributed by atoms with Crippen LogP contribution in [0.1, 0.15) is 12.3 Å². The van der Waals surface area contributed by atoms with Gasteiger partial charge in [0.15, 0.2) is 11.5 Å². The zero-order valence-electron chi connectivity index (χ0n) is 13.8. The fraction of sp³-hybridized carbons (Fsp3) is 0.235. The molecular weight excluding hydrogens is 342 g/mol. The topological polar surface area (TPSA) is 86.5 Å². The standard InChI is InChI=1S/C17H17N3O4S/c1-22-12-6-5-11(10-13(12)23-2)18-15(21)7-8-16-19-17(20-24-16)14-4-3-9-25-14/h3-6,9-10H,7-8H2,1-2H3,(H,18,21). The lowest BCUT2D eigenvalue weighted by atomic mass is 10.2. The van der Waals surface area contributed by atoms with Gasteiger partial charge < -0.3 is 19.3 Å². The van der Waals surface area contributed by atoms with E-state index in [1.165, 1.54) is 11.3 Å². The maximum absolute atomic E-state index is 12.1. The van der Waals surface area contributed by atoms with Crippen molar-refractivity contribution in [1.29, 1.82) is 0 Å². The lowest BCUT2D eigenvalue weighted by Crippen LogP contribution is -2.12. The van der Waals surface area contributed by atoms with Gasteiger partial charge in [0, 0.05) is 24.6 Å². The van der Waals surface area contributed by atoms with Gasteiger partial charge >= 0.3 is 0 Å². The number of nitrogens with zero attached hydrogens (tertiary/aromatic N) is 2. The summed E-state index contributed by atoms with van der Waals surface area (Å²) in [4.78, 5) is 17.3. The van der Waals surface area contributed by atoms with E-state index in [0.29, 0.717) is 35.3 Å². The van der Waals surface area contributed by atoms with Crippen molar-refractivity contribution in [2.45, 2.75) is 12.8 Å². The summed E-state index contributed by atoms with van der Waals surface area (Å²) in [6, 6.07) is 9.04. The third-order valence-electron chi connectivity index (χ3n) is 3.44. The summed E-state index contributed by atoms with van der Waals surface area (Å²) in [5.74, 6) is 1.99. The second-order valence-corrected chi connectivity index (χ2v) is 6.05. The molecule has 25 heavy (non-hydrogen) atoms. The largest absolute Gasteiger partial charge is 0.493 e. The number of aryl methyl sites for hydroxylation is 1. The highest BCUT2D eigenvalue weighted by Crippen LogP contribution is 2.29. The second kappa shape index (κ2) is 7.80. The molecule has 0 saturated heterocycles. The smallest absolute Gasteiger partial charge is 0.227 e. The van der Waals surface area contributed by atoms with Crippen molar-refractivity contribution in [2.75, 3.05) is 19.5 Å². The Hall–Kier alpha value is -2.87. The molecule has 3 rings (SSSR count). The number of rotatable bonds is 7. The average Bonchev–Trinajstić information content (AvgIpc) is 3.31. The quantitative estimate of drug-likeness (QED) is 0.696. The van der Waals surface area contributed by atoms with E-state index in [-0.39, 0.29) is 12.3 Å². The number of carbonyl (C=O) groups excluding carboxylic acids is 1. The van der Waals surface area contributed by atoms with Crippen LogP contribution in [0, 0.1) is 0 Å². The Morgan fingerprint density at radius 1 is 1.24 bits per heavy atom. The van der Waals surface area contributed by atoms with Gasteiger partial charge in [0.1, 0.15) is 0 Å². The van der Waals surface area contributed by atoms with Crippen molar-refractivity contribution >= 4 is 22.9 Å². The molecule has 0 unspecified atom stereocenters. The molecule has 130 valence electrons. The molecule has 1 amide bonds. The monoisotopic (exact) mass is 359 g/mol. The Morgan fingerprint density at radius 2 is 2.08 bits per heavy atom. The number of methoxy groups -OCH3 is 2. The number of ether oxygens (including phenoxy) is 2. The first-order chi connectivity index (χ1) is 12.2. The number of carbonyl (C=O) groups is 1. The first-order valence-electron chi connectivity index (χ1n) is 7.58. The molecule has 7 nitrogen and oxygen atoms in total. The van der Waals surface area contributed by atoms with Gasteiger partial charge in [-0.05, 0) is 23.6 Å². The van der Waals surface area contributed by atoms with E-state index in [1.807, 2.05) is 17.5 Å². The number of thiophene rings is 1. The second-order valence-electron chi connectivity index (χ2n) is 5.11. The van der Waals surface area contributed by atoms with Crippen LogP contribution in [-0.2, 0) is 11.2 Å². The SMILES string of the molecule is COc1ccc(NC(=O)CCc2nc(-c3cccs3)no2)cc1OC. The fourth-order valence-corrected chi connectivity index (χ4v) is 2.87. The molecule has 3 aromatic rings. The normalized spacial score (nSPS) is 10.5. The molecule has 0 radical (unpaired) electrons. The van der Waals surface area contributed by atoms with Gasteiger partial charge in [-0.2, -0.15) is 4.98 Å². The third-order valence-corrected chi connectivity index (χ3v) is 4.31. The van der Waals surface area contributed by atoms with Crippen LogP contribution in [0.3, 0.4) is 0 Å². The van der Waals surface area contributed by atoms with Crippen LogP contribution in [0.2, 0.25) is 0 Å². The molecule has 0 aliphatic heterocycles. The predicted molar refractivity (Wildman–Crippen MR) is 94.1 cm³/mol. The van der Waals surface area contributed by atoms with E-state index in [4.69, 9.17) is 14.0 Å². The molecule has 0 aliphatic carbocycles. The molecule has 0 saturated carbocycles. The number of benzene rings is 1. The Morgan fingerprint density at radius 3 is 2.80 bits per heavy atom.